The SMILES string of the molecule is CC(F)(F)CN1C(=O)[C@]2(C)COCCN2c2nc(Cl)ncc21. The lowest BCUT2D eigenvalue weighted by Crippen LogP contribution is -2.68. The standard InChI is InChI=1S/C13H15ClF2N4O2/c1-12-7-22-4-3-20(12)9-8(5-17-11(14)18-9)19(10(12)21)6-13(2,15)16/h5H,3-4,6-7H2,1-2H3/t12-/m0/s1. The average molecular weight is 333 g/mol. The summed E-state index contributed by atoms with van der Waals surface area (Å²) in [4.78, 5) is 23.5. The second-order valence-corrected chi connectivity index (χ2v) is 6.13. The summed E-state index contributed by atoms with van der Waals surface area (Å²) >= 11 is 5.84. The third kappa shape index (κ3) is 2.40. The molecule has 2 aliphatic heterocycles. The van der Waals surface area contributed by atoms with E-state index in [1.807, 2.05) is 0 Å². The lowest BCUT2D eigenvalue weighted by Gasteiger charge is -2.50. The maximum Gasteiger partial charge on any atom is 0.263 e. The number of carbonyl (C=O) groups excluding carboxylic acids is 1. The number of alkyl halides is 2. The average Bonchev–Trinajstić information content (AvgIpc) is 2.43. The largest absolute Gasteiger partial charge is 0.377 e. The van der Waals surface area contributed by atoms with Gasteiger partial charge in [0.1, 0.15) is 11.2 Å². The smallest absolute Gasteiger partial charge is 0.263 e. The van der Waals surface area contributed by atoms with Gasteiger partial charge >= 0.3 is 0 Å². The quantitative estimate of drug-likeness (QED) is 0.772. The minimum Gasteiger partial charge on any atom is -0.377 e. The minimum atomic E-state index is -3.04. The van der Waals surface area contributed by atoms with Crippen LogP contribution in [-0.2, 0) is 9.53 Å². The molecule has 0 bridgehead atoms. The summed E-state index contributed by atoms with van der Waals surface area (Å²) < 4.78 is 32.4. The Morgan fingerprint density at radius 2 is 2.27 bits per heavy atom. The van der Waals surface area contributed by atoms with Crippen molar-refractivity contribution in [3.63, 3.8) is 0 Å². The molecule has 0 radical (unpaired) electrons. The topological polar surface area (TPSA) is 58.6 Å². The fraction of sp³-hybridized carbons (Fsp3) is 0.615. The molecule has 1 atom stereocenters. The van der Waals surface area contributed by atoms with Crippen LogP contribution in [-0.4, -0.2) is 53.6 Å². The predicted molar refractivity (Wildman–Crippen MR) is 76.6 cm³/mol. The van der Waals surface area contributed by atoms with Gasteiger partial charge < -0.3 is 9.64 Å². The first-order valence-electron chi connectivity index (χ1n) is 6.80. The summed E-state index contributed by atoms with van der Waals surface area (Å²) in [7, 11) is 0. The molecule has 1 saturated heterocycles. The highest BCUT2D eigenvalue weighted by molar-refractivity contribution is 6.28. The molecule has 0 N–H and O–H groups in total. The van der Waals surface area contributed by atoms with Crippen molar-refractivity contribution < 1.29 is 18.3 Å². The fourth-order valence-electron chi connectivity index (χ4n) is 2.84. The molecule has 1 fully saturated rings. The molecule has 1 aromatic heterocycles. The van der Waals surface area contributed by atoms with Gasteiger partial charge in [0, 0.05) is 13.5 Å². The highest BCUT2D eigenvalue weighted by atomic mass is 35.5. The van der Waals surface area contributed by atoms with E-state index in [1.165, 1.54) is 6.20 Å². The van der Waals surface area contributed by atoms with Gasteiger partial charge in [-0.2, -0.15) is 4.98 Å². The minimum absolute atomic E-state index is 0.00477. The third-order valence-corrected chi connectivity index (χ3v) is 4.03. The second kappa shape index (κ2) is 4.99. The van der Waals surface area contributed by atoms with Gasteiger partial charge in [-0.1, -0.05) is 0 Å². The van der Waals surface area contributed by atoms with E-state index >= 15 is 0 Å². The Kier molecular flexibility index (Phi) is 3.48. The molecule has 0 saturated carbocycles. The van der Waals surface area contributed by atoms with Crippen molar-refractivity contribution in [3.8, 4) is 0 Å². The zero-order valence-corrected chi connectivity index (χ0v) is 12.9. The normalized spacial score (nSPS) is 25.0. The lowest BCUT2D eigenvalue weighted by atomic mass is 9.93. The van der Waals surface area contributed by atoms with Crippen LogP contribution in [0, 0.1) is 0 Å². The van der Waals surface area contributed by atoms with Gasteiger partial charge in [0.2, 0.25) is 5.28 Å². The number of halogens is 3. The van der Waals surface area contributed by atoms with Crippen LogP contribution in [0.25, 0.3) is 0 Å². The molecule has 0 aliphatic carbocycles. The zero-order chi connectivity index (χ0) is 16.1. The molecule has 1 aromatic rings. The number of amides is 1. The van der Waals surface area contributed by atoms with Gasteiger partial charge in [-0.3, -0.25) is 9.69 Å². The number of ether oxygens (including phenoxy) is 1. The van der Waals surface area contributed by atoms with Crippen LogP contribution in [0.5, 0.6) is 0 Å². The van der Waals surface area contributed by atoms with Crippen molar-refractivity contribution >= 4 is 29.0 Å². The van der Waals surface area contributed by atoms with Gasteiger partial charge in [0.05, 0.1) is 26.0 Å². The predicted octanol–water partition coefficient (Wildman–Crippen LogP) is 1.73. The summed E-state index contributed by atoms with van der Waals surface area (Å²) in [6.07, 6.45) is 1.31. The van der Waals surface area contributed by atoms with Crippen molar-refractivity contribution in [2.24, 2.45) is 0 Å². The van der Waals surface area contributed by atoms with Crippen LogP contribution < -0.4 is 9.80 Å². The van der Waals surface area contributed by atoms with Crippen molar-refractivity contribution in [2.75, 3.05) is 36.1 Å². The first-order chi connectivity index (χ1) is 10.2. The first-order valence-corrected chi connectivity index (χ1v) is 7.18. The molecule has 6 nitrogen and oxygen atoms in total. The summed E-state index contributed by atoms with van der Waals surface area (Å²) in [5.41, 5.74) is -0.830. The van der Waals surface area contributed by atoms with Gasteiger partial charge in [-0.05, 0) is 18.5 Å². The highest BCUT2D eigenvalue weighted by Crippen LogP contribution is 2.41. The molecule has 9 heteroatoms. The van der Waals surface area contributed by atoms with Gasteiger partial charge in [0.25, 0.3) is 11.8 Å². The molecule has 3 rings (SSSR count). The Balaban J connectivity index is 2.14. The monoisotopic (exact) mass is 332 g/mol. The van der Waals surface area contributed by atoms with Gasteiger partial charge in [-0.15, -0.1) is 0 Å². The number of carbonyl (C=O) groups is 1. The number of fused-ring (bicyclic) bond motifs is 3. The number of anilines is 2. The van der Waals surface area contributed by atoms with Crippen LogP contribution in [0.3, 0.4) is 0 Å². The molecular weight excluding hydrogens is 318 g/mol. The lowest BCUT2D eigenvalue weighted by molar-refractivity contribution is -0.128. The van der Waals surface area contributed by atoms with Crippen molar-refractivity contribution in [2.45, 2.75) is 25.3 Å². The van der Waals surface area contributed by atoms with Gasteiger partial charge in [0.15, 0.2) is 5.82 Å². The van der Waals surface area contributed by atoms with Crippen molar-refractivity contribution in [1.82, 2.24) is 9.97 Å². The molecule has 0 aromatic carbocycles. The van der Waals surface area contributed by atoms with Crippen LogP contribution in [0.4, 0.5) is 20.3 Å². The van der Waals surface area contributed by atoms with E-state index in [9.17, 15) is 13.6 Å². The summed E-state index contributed by atoms with van der Waals surface area (Å²) in [5, 5.41) is 0.00477. The Hall–Kier alpha value is -1.54. The van der Waals surface area contributed by atoms with Crippen LogP contribution in [0.1, 0.15) is 13.8 Å². The Labute approximate surface area is 131 Å². The maximum atomic E-state index is 13.5. The molecule has 1 amide bonds. The first kappa shape index (κ1) is 15.4. The molecule has 2 aliphatic rings. The highest BCUT2D eigenvalue weighted by Gasteiger charge is 2.52. The van der Waals surface area contributed by atoms with E-state index in [2.05, 4.69) is 9.97 Å². The number of rotatable bonds is 2. The maximum absolute atomic E-state index is 13.5. The summed E-state index contributed by atoms with van der Waals surface area (Å²) in [6.45, 7) is 2.65. The van der Waals surface area contributed by atoms with Gasteiger partial charge in [-0.25, -0.2) is 13.8 Å². The molecule has 3 heterocycles. The molecule has 120 valence electrons. The fourth-order valence-corrected chi connectivity index (χ4v) is 2.97. The van der Waals surface area contributed by atoms with Crippen molar-refractivity contribution in [1.29, 1.82) is 0 Å². The molecule has 0 unspecified atom stereocenters. The van der Waals surface area contributed by atoms with Crippen molar-refractivity contribution in [3.05, 3.63) is 11.5 Å². The van der Waals surface area contributed by atoms with Crippen LogP contribution in [0.15, 0.2) is 6.20 Å². The molecule has 0 spiro atoms. The Bertz CT molecular complexity index is 625. The van der Waals surface area contributed by atoms with Crippen LogP contribution in [0.2, 0.25) is 5.28 Å². The number of hydrogen-bond donors (Lipinski definition) is 0. The van der Waals surface area contributed by atoms with Crippen LogP contribution >= 0.6 is 11.6 Å². The number of nitrogens with zero attached hydrogens (tertiary/aromatic N) is 4. The Morgan fingerprint density at radius 3 is 2.95 bits per heavy atom. The number of morpholine rings is 1. The summed E-state index contributed by atoms with van der Waals surface area (Å²) in [5.74, 6) is -3.11. The number of aromatic nitrogens is 2. The van der Waals surface area contributed by atoms with E-state index in [-0.39, 0.29) is 17.6 Å². The van der Waals surface area contributed by atoms with E-state index < -0.39 is 23.9 Å². The molecule has 22 heavy (non-hydrogen) atoms. The number of hydrogen-bond acceptors (Lipinski definition) is 5. The van der Waals surface area contributed by atoms with E-state index in [1.54, 1.807) is 11.8 Å². The molecular formula is C13H15ClF2N4O2. The van der Waals surface area contributed by atoms with E-state index in [4.69, 9.17) is 16.3 Å². The Morgan fingerprint density at radius 1 is 1.55 bits per heavy atom. The third-order valence-electron chi connectivity index (χ3n) is 3.85. The van der Waals surface area contributed by atoms with E-state index in [0.717, 1.165) is 11.8 Å². The van der Waals surface area contributed by atoms with E-state index in [0.29, 0.717) is 19.0 Å². The second-order valence-electron chi connectivity index (χ2n) is 5.79. The summed E-state index contributed by atoms with van der Waals surface area (Å²) in [6, 6.07) is 0. The zero-order valence-electron chi connectivity index (χ0n) is 12.1.